The molecule has 0 fully saturated rings. The Morgan fingerprint density at radius 2 is 2.27 bits per heavy atom. The standard InChI is InChI=1S/C9H10ClN5/c1-6(11)8-4-7(10)2-3-9(8)15-5-12-13-14-15/h2-6H,11H2,1H3/t6-/m0/s1. The highest BCUT2D eigenvalue weighted by Crippen LogP contribution is 2.23. The molecule has 1 atom stereocenters. The summed E-state index contributed by atoms with van der Waals surface area (Å²) in [7, 11) is 0. The fourth-order valence-electron chi connectivity index (χ4n) is 1.37. The molecule has 5 nitrogen and oxygen atoms in total. The Kier molecular flexibility index (Phi) is 2.66. The van der Waals surface area contributed by atoms with Crippen molar-refractivity contribution < 1.29 is 0 Å². The lowest BCUT2D eigenvalue weighted by Gasteiger charge is -2.11. The number of halogens is 1. The number of rotatable bonds is 2. The predicted octanol–water partition coefficient (Wildman–Crippen LogP) is 1.34. The summed E-state index contributed by atoms with van der Waals surface area (Å²) in [5.74, 6) is 0. The second-order valence-corrected chi connectivity index (χ2v) is 3.68. The summed E-state index contributed by atoms with van der Waals surface area (Å²) < 4.78 is 1.56. The minimum atomic E-state index is -0.122. The Bertz CT molecular complexity index is 452. The van der Waals surface area contributed by atoms with Crippen LogP contribution < -0.4 is 5.73 Å². The molecule has 1 aromatic carbocycles. The summed E-state index contributed by atoms with van der Waals surface area (Å²) in [6.45, 7) is 1.89. The largest absolute Gasteiger partial charge is 0.324 e. The molecule has 2 rings (SSSR count). The van der Waals surface area contributed by atoms with Crippen LogP contribution in [-0.2, 0) is 0 Å². The third kappa shape index (κ3) is 1.98. The molecule has 78 valence electrons. The van der Waals surface area contributed by atoms with Crippen molar-refractivity contribution >= 4 is 11.6 Å². The van der Waals surface area contributed by atoms with Gasteiger partial charge < -0.3 is 5.73 Å². The van der Waals surface area contributed by atoms with Crippen LogP contribution in [-0.4, -0.2) is 20.2 Å². The van der Waals surface area contributed by atoms with Gasteiger partial charge in [0, 0.05) is 11.1 Å². The van der Waals surface area contributed by atoms with Gasteiger partial charge in [0.25, 0.3) is 0 Å². The minimum absolute atomic E-state index is 0.122. The first-order chi connectivity index (χ1) is 7.18. The summed E-state index contributed by atoms with van der Waals surface area (Å²) >= 11 is 5.91. The van der Waals surface area contributed by atoms with E-state index in [4.69, 9.17) is 17.3 Å². The van der Waals surface area contributed by atoms with Crippen molar-refractivity contribution in [2.75, 3.05) is 0 Å². The molecule has 1 aromatic heterocycles. The quantitative estimate of drug-likeness (QED) is 0.834. The Morgan fingerprint density at radius 3 is 2.87 bits per heavy atom. The monoisotopic (exact) mass is 223 g/mol. The van der Waals surface area contributed by atoms with Gasteiger partial charge in [-0.1, -0.05) is 11.6 Å². The third-order valence-corrected chi connectivity index (χ3v) is 2.31. The summed E-state index contributed by atoms with van der Waals surface area (Å²) in [4.78, 5) is 0. The zero-order valence-electron chi connectivity index (χ0n) is 8.13. The van der Waals surface area contributed by atoms with Crippen molar-refractivity contribution in [1.82, 2.24) is 20.2 Å². The Hall–Kier alpha value is -1.46. The van der Waals surface area contributed by atoms with E-state index in [1.165, 1.54) is 6.33 Å². The lowest BCUT2D eigenvalue weighted by molar-refractivity contribution is 0.751. The van der Waals surface area contributed by atoms with Gasteiger partial charge >= 0.3 is 0 Å². The average molecular weight is 224 g/mol. The highest BCUT2D eigenvalue weighted by Gasteiger charge is 2.10. The molecule has 0 aliphatic rings. The van der Waals surface area contributed by atoms with Crippen molar-refractivity contribution in [3.05, 3.63) is 35.1 Å². The molecule has 2 N–H and O–H groups in total. The van der Waals surface area contributed by atoms with Crippen LogP contribution >= 0.6 is 11.6 Å². The molecular weight excluding hydrogens is 214 g/mol. The van der Waals surface area contributed by atoms with Crippen LogP contribution in [0.3, 0.4) is 0 Å². The molecular formula is C9H10ClN5. The zero-order chi connectivity index (χ0) is 10.8. The van der Waals surface area contributed by atoms with Crippen LogP contribution in [0.5, 0.6) is 0 Å². The maximum Gasteiger partial charge on any atom is 0.143 e. The number of aromatic nitrogens is 4. The van der Waals surface area contributed by atoms with Gasteiger partial charge in [0.1, 0.15) is 6.33 Å². The van der Waals surface area contributed by atoms with Gasteiger partial charge in [-0.3, -0.25) is 0 Å². The molecule has 0 radical (unpaired) electrons. The number of hydrogen-bond acceptors (Lipinski definition) is 4. The second kappa shape index (κ2) is 3.96. The fraction of sp³-hybridized carbons (Fsp3) is 0.222. The summed E-state index contributed by atoms with van der Waals surface area (Å²) in [6.07, 6.45) is 1.52. The number of nitrogens with zero attached hydrogens (tertiary/aromatic N) is 4. The van der Waals surface area contributed by atoms with Crippen molar-refractivity contribution in [2.45, 2.75) is 13.0 Å². The van der Waals surface area contributed by atoms with Gasteiger partial charge in [0.05, 0.1) is 5.69 Å². The molecule has 0 saturated heterocycles. The highest BCUT2D eigenvalue weighted by atomic mass is 35.5. The Balaban J connectivity index is 2.56. The molecule has 1 heterocycles. The molecule has 0 aliphatic heterocycles. The minimum Gasteiger partial charge on any atom is -0.324 e. The van der Waals surface area contributed by atoms with E-state index >= 15 is 0 Å². The molecule has 6 heteroatoms. The van der Waals surface area contributed by atoms with Gasteiger partial charge in [0.15, 0.2) is 0 Å². The van der Waals surface area contributed by atoms with Crippen molar-refractivity contribution in [2.24, 2.45) is 5.73 Å². The van der Waals surface area contributed by atoms with E-state index in [1.807, 2.05) is 19.1 Å². The van der Waals surface area contributed by atoms with E-state index in [9.17, 15) is 0 Å². The van der Waals surface area contributed by atoms with Crippen LogP contribution in [0.25, 0.3) is 5.69 Å². The molecule has 0 aliphatic carbocycles. The van der Waals surface area contributed by atoms with E-state index in [2.05, 4.69) is 15.5 Å². The van der Waals surface area contributed by atoms with Crippen molar-refractivity contribution in [3.63, 3.8) is 0 Å². The van der Waals surface area contributed by atoms with Gasteiger partial charge in [-0.25, -0.2) is 4.68 Å². The first kappa shape index (κ1) is 10.1. The maximum absolute atomic E-state index is 5.91. The lowest BCUT2D eigenvalue weighted by Crippen LogP contribution is -2.10. The van der Waals surface area contributed by atoms with Crippen LogP contribution in [0.1, 0.15) is 18.5 Å². The van der Waals surface area contributed by atoms with Gasteiger partial charge in [-0.2, -0.15) is 0 Å². The SMILES string of the molecule is C[C@H](N)c1cc(Cl)ccc1-n1cnnn1. The average Bonchev–Trinajstić information content (AvgIpc) is 2.70. The Morgan fingerprint density at radius 1 is 1.47 bits per heavy atom. The molecule has 0 unspecified atom stereocenters. The zero-order valence-corrected chi connectivity index (χ0v) is 8.89. The number of tetrazole rings is 1. The van der Waals surface area contributed by atoms with Gasteiger partial charge in [-0.05, 0) is 41.1 Å². The topological polar surface area (TPSA) is 69.6 Å². The highest BCUT2D eigenvalue weighted by molar-refractivity contribution is 6.30. The number of nitrogens with two attached hydrogens (primary N) is 1. The van der Waals surface area contributed by atoms with E-state index in [0.29, 0.717) is 5.02 Å². The van der Waals surface area contributed by atoms with Crippen LogP contribution in [0.15, 0.2) is 24.5 Å². The van der Waals surface area contributed by atoms with Gasteiger partial charge in [0.2, 0.25) is 0 Å². The predicted molar refractivity (Wildman–Crippen MR) is 56.8 cm³/mol. The molecule has 2 aromatic rings. The van der Waals surface area contributed by atoms with Crippen molar-refractivity contribution in [1.29, 1.82) is 0 Å². The van der Waals surface area contributed by atoms with Crippen LogP contribution in [0, 0.1) is 0 Å². The summed E-state index contributed by atoms with van der Waals surface area (Å²) in [6, 6.07) is 5.33. The van der Waals surface area contributed by atoms with E-state index < -0.39 is 0 Å². The van der Waals surface area contributed by atoms with Crippen LogP contribution in [0.2, 0.25) is 5.02 Å². The first-order valence-corrected chi connectivity index (χ1v) is 4.84. The lowest BCUT2D eigenvalue weighted by atomic mass is 10.1. The van der Waals surface area contributed by atoms with E-state index in [1.54, 1.807) is 10.7 Å². The van der Waals surface area contributed by atoms with Gasteiger partial charge in [-0.15, -0.1) is 5.10 Å². The first-order valence-electron chi connectivity index (χ1n) is 4.47. The summed E-state index contributed by atoms with van der Waals surface area (Å²) in [5, 5.41) is 11.6. The van der Waals surface area contributed by atoms with Crippen LogP contribution in [0.4, 0.5) is 0 Å². The smallest absolute Gasteiger partial charge is 0.143 e. The van der Waals surface area contributed by atoms with E-state index in [-0.39, 0.29) is 6.04 Å². The van der Waals surface area contributed by atoms with E-state index in [0.717, 1.165) is 11.3 Å². The molecule has 0 amide bonds. The normalized spacial score (nSPS) is 12.7. The third-order valence-electron chi connectivity index (χ3n) is 2.08. The fourth-order valence-corrected chi connectivity index (χ4v) is 1.55. The molecule has 0 spiro atoms. The summed E-state index contributed by atoms with van der Waals surface area (Å²) in [5.41, 5.74) is 7.61. The maximum atomic E-state index is 5.91. The molecule has 15 heavy (non-hydrogen) atoms. The number of hydrogen-bond donors (Lipinski definition) is 1. The van der Waals surface area contributed by atoms with Crippen molar-refractivity contribution in [3.8, 4) is 5.69 Å². The molecule has 0 bridgehead atoms. The number of benzene rings is 1. The Labute approximate surface area is 91.8 Å². The molecule has 0 saturated carbocycles. The second-order valence-electron chi connectivity index (χ2n) is 3.25.